The highest BCUT2D eigenvalue weighted by molar-refractivity contribution is 4.62. The van der Waals surface area contributed by atoms with Gasteiger partial charge in [-0.05, 0) is 5.92 Å². The maximum Gasteiger partial charge on any atom is -0.0414 e. The van der Waals surface area contributed by atoms with Crippen LogP contribution in [-0.2, 0) is 0 Å². The predicted octanol–water partition coefficient (Wildman–Crippen LogP) is 13.6. The average molecular weight is 492 g/mol. The summed E-state index contributed by atoms with van der Waals surface area (Å²) in [4.78, 5) is 0. The van der Waals surface area contributed by atoms with E-state index in [1.54, 1.807) is 0 Å². The lowest BCUT2D eigenvalue weighted by molar-refractivity contribution is 0.405. The molecule has 0 aromatic heterocycles. The fourth-order valence-corrected chi connectivity index (χ4v) is 5.69. The average Bonchev–Trinajstić information content (AvgIpc) is 2.87. The van der Waals surface area contributed by atoms with Crippen molar-refractivity contribution in [2.45, 2.75) is 213 Å². The van der Waals surface area contributed by atoms with Crippen molar-refractivity contribution in [2.24, 2.45) is 5.92 Å². The van der Waals surface area contributed by atoms with Crippen molar-refractivity contribution in [3.8, 4) is 0 Å². The normalized spacial score (nSPS) is 12.4. The van der Waals surface area contributed by atoms with Crippen LogP contribution in [0.1, 0.15) is 213 Å². The second kappa shape index (κ2) is 32.0. The summed E-state index contributed by atoms with van der Waals surface area (Å²) in [6.45, 7) is 8.82. The summed E-state index contributed by atoms with van der Waals surface area (Å²) in [6.07, 6.45) is 45.1. The van der Waals surface area contributed by atoms with Crippen molar-refractivity contribution >= 4 is 0 Å². The van der Waals surface area contributed by atoms with Crippen molar-refractivity contribution < 1.29 is 0 Å². The van der Waals surface area contributed by atoms with E-state index in [1.165, 1.54) is 193 Å². The quantitative estimate of drug-likeness (QED) is 0.0845. The zero-order valence-electron chi connectivity index (χ0n) is 25.2. The van der Waals surface area contributed by atoms with Gasteiger partial charge in [0.15, 0.2) is 0 Å². The largest absolute Gasteiger partial charge is 0.0654 e. The van der Waals surface area contributed by atoms with Crippen LogP contribution >= 0.6 is 0 Å². The molecule has 1 unspecified atom stereocenters. The maximum absolute atomic E-state index is 4.21. The molecule has 0 nitrogen and oxygen atoms in total. The monoisotopic (exact) mass is 492 g/mol. The van der Waals surface area contributed by atoms with Gasteiger partial charge >= 0.3 is 0 Å². The second-order valence-corrected chi connectivity index (χ2v) is 11.9. The molecule has 0 aliphatic heterocycles. The van der Waals surface area contributed by atoms with E-state index in [2.05, 4.69) is 20.8 Å². The third kappa shape index (κ3) is 30.1. The highest BCUT2D eigenvalue weighted by Crippen LogP contribution is 2.22. The minimum absolute atomic E-state index is 0.909. The summed E-state index contributed by atoms with van der Waals surface area (Å²) in [5.41, 5.74) is 0. The van der Waals surface area contributed by atoms with Crippen LogP contribution in [0, 0.1) is 12.8 Å². The minimum Gasteiger partial charge on any atom is -0.0654 e. The van der Waals surface area contributed by atoms with Crippen molar-refractivity contribution in [2.75, 3.05) is 0 Å². The van der Waals surface area contributed by atoms with E-state index in [9.17, 15) is 0 Å². The summed E-state index contributed by atoms with van der Waals surface area (Å²) in [6, 6.07) is 0. The molecule has 35 heavy (non-hydrogen) atoms. The molecule has 0 saturated carbocycles. The van der Waals surface area contributed by atoms with Gasteiger partial charge < -0.3 is 0 Å². The van der Waals surface area contributed by atoms with Crippen molar-refractivity contribution in [1.82, 2.24) is 0 Å². The molecule has 1 atom stereocenters. The molecule has 0 heteroatoms. The Balaban J connectivity index is 3.15. The number of hydrogen-bond donors (Lipinski definition) is 0. The number of unbranched alkanes of at least 4 members (excludes halogenated alkanes) is 26. The van der Waals surface area contributed by atoms with Gasteiger partial charge in [0.2, 0.25) is 0 Å². The van der Waals surface area contributed by atoms with Crippen molar-refractivity contribution in [3.63, 3.8) is 0 Å². The standard InChI is InChI=1S/C35H71/c1-4-7-9-11-12-13-14-15-16-17-18-19-20-21-22-23-24-25-26-27-28-30-32-34-35(6-3)33-31-29-10-8-5-2/h35H,3-34H2,1-2H3. The summed E-state index contributed by atoms with van der Waals surface area (Å²) >= 11 is 0. The summed E-state index contributed by atoms with van der Waals surface area (Å²) in [5, 5.41) is 0. The van der Waals surface area contributed by atoms with Crippen molar-refractivity contribution in [1.29, 1.82) is 0 Å². The Morgan fingerprint density at radius 2 is 0.514 bits per heavy atom. The molecule has 1 radical (unpaired) electrons. The van der Waals surface area contributed by atoms with Crippen LogP contribution in [-0.4, -0.2) is 0 Å². The lowest BCUT2D eigenvalue weighted by atomic mass is 9.92. The Hall–Kier alpha value is 0. The van der Waals surface area contributed by atoms with E-state index in [0.717, 1.165) is 12.3 Å². The Morgan fingerprint density at radius 3 is 0.714 bits per heavy atom. The van der Waals surface area contributed by atoms with E-state index in [1.807, 2.05) is 0 Å². The van der Waals surface area contributed by atoms with Crippen LogP contribution in [0.15, 0.2) is 0 Å². The van der Waals surface area contributed by atoms with Gasteiger partial charge in [0.1, 0.15) is 0 Å². The van der Waals surface area contributed by atoms with Gasteiger partial charge in [0.05, 0.1) is 0 Å². The van der Waals surface area contributed by atoms with Gasteiger partial charge in [-0.3, -0.25) is 0 Å². The molecule has 0 bridgehead atoms. The zero-order valence-corrected chi connectivity index (χ0v) is 25.2. The molecule has 0 rings (SSSR count). The van der Waals surface area contributed by atoms with Crippen LogP contribution in [0.2, 0.25) is 0 Å². The van der Waals surface area contributed by atoms with Crippen LogP contribution in [0.3, 0.4) is 0 Å². The van der Waals surface area contributed by atoms with Gasteiger partial charge in [-0.15, -0.1) is 0 Å². The molecule has 0 aromatic rings. The van der Waals surface area contributed by atoms with E-state index >= 15 is 0 Å². The summed E-state index contributed by atoms with van der Waals surface area (Å²) in [7, 11) is 0. The molecular weight excluding hydrogens is 420 g/mol. The maximum atomic E-state index is 4.21. The highest BCUT2D eigenvalue weighted by atomic mass is 14.1. The van der Waals surface area contributed by atoms with E-state index in [4.69, 9.17) is 0 Å². The third-order valence-electron chi connectivity index (χ3n) is 8.34. The van der Waals surface area contributed by atoms with Crippen LogP contribution in [0.4, 0.5) is 0 Å². The van der Waals surface area contributed by atoms with Gasteiger partial charge in [-0.1, -0.05) is 220 Å². The smallest absolute Gasteiger partial charge is 0.0414 e. The zero-order chi connectivity index (χ0) is 25.5. The molecule has 0 spiro atoms. The topological polar surface area (TPSA) is 0 Å². The van der Waals surface area contributed by atoms with Gasteiger partial charge in [0, 0.05) is 0 Å². The first kappa shape index (κ1) is 35.0. The molecule has 0 fully saturated rings. The predicted molar refractivity (Wildman–Crippen MR) is 163 cm³/mol. The molecule has 0 N–H and O–H groups in total. The summed E-state index contributed by atoms with van der Waals surface area (Å²) < 4.78 is 0. The van der Waals surface area contributed by atoms with E-state index in [0.29, 0.717) is 0 Å². The summed E-state index contributed by atoms with van der Waals surface area (Å²) in [5.74, 6) is 0.909. The Kier molecular flexibility index (Phi) is 32.0. The van der Waals surface area contributed by atoms with Crippen LogP contribution in [0.5, 0.6) is 0 Å². The Bertz CT molecular complexity index is 346. The van der Waals surface area contributed by atoms with Crippen molar-refractivity contribution in [3.05, 3.63) is 6.92 Å². The molecule has 0 aliphatic carbocycles. The van der Waals surface area contributed by atoms with Gasteiger partial charge in [-0.2, -0.15) is 0 Å². The Labute approximate surface area is 225 Å². The fraction of sp³-hybridized carbons (Fsp3) is 0.971. The van der Waals surface area contributed by atoms with Crippen LogP contribution in [0.25, 0.3) is 0 Å². The first-order valence-corrected chi connectivity index (χ1v) is 17.1. The first-order chi connectivity index (χ1) is 17.3. The minimum atomic E-state index is 0.909. The van der Waals surface area contributed by atoms with Gasteiger partial charge in [-0.25, -0.2) is 0 Å². The number of rotatable bonds is 31. The number of hydrogen-bond acceptors (Lipinski definition) is 0. The third-order valence-corrected chi connectivity index (χ3v) is 8.34. The molecule has 0 saturated heterocycles. The van der Waals surface area contributed by atoms with Crippen LogP contribution < -0.4 is 0 Å². The van der Waals surface area contributed by atoms with Gasteiger partial charge in [0.25, 0.3) is 0 Å². The lowest BCUT2D eigenvalue weighted by Crippen LogP contribution is -1.99. The molecule has 0 amide bonds. The molecule has 211 valence electrons. The lowest BCUT2D eigenvalue weighted by Gasteiger charge is -2.14. The molecule has 0 heterocycles. The fourth-order valence-electron chi connectivity index (χ4n) is 5.69. The Morgan fingerprint density at radius 1 is 0.314 bits per heavy atom. The molecule has 0 aromatic carbocycles. The SMILES string of the molecule is [CH2]CC(CCCCCCC)CCCCCCCCCCCCCCCCCCCCCCCCC. The van der Waals surface area contributed by atoms with E-state index < -0.39 is 0 Å². The first-order valence-electron chi connectivity index (χ1n) is 17.1. The molecular formula is C35H71. The highest BCUT2D eigenvalue weighted by Gasteiger charge is 2.06. The second-order valence-electron chi connectivity index (χ2n) is 11.9. The molecule has 0 aliphatic rings. The van der Waals surface area contributed by atoms with E-state index in [-0.39, 0.29) is 0 Å².